The molecule has 0 radical (unpaired) electrons. The highest BCUT2D eigenvalue weighted by Gasteiger charge is 2.25. The molecular formula is C25H23FN4O2S. The van der Waals surface area contributed by atoms with Crippen molar-refractivity contribution in [3.05, 3.63) is 100 Å². The number of rotatable bonds is 9. The van der Waals surface area contributed by atoms with Crippen LogP contribution in [0.1, 0.15) is 27.6 Å². The van der Waals surface area contributed by atoms with Crippen LogP contribution in [-0.2, 0) is 17.8 Å². The number of carbonyl (C=O) groups is 1. The number of anilines is 1. The predicted octanol–water partition coefficient (Wildman–Crippen LogP) is 4.11. The molecule has 3 heterocycles. The molecule has 1 aromatic carbocycles. The van der Waals surface area contributed by atoms with Crippen LogP contribution in [0.3, 0.4) is 0 Å². The highest BCUT2D eigenvalue weighted by Crippen LogP contribution is 2.33. The van der Waals surface area contributed by atoms with Crippen molar-refractivity contribution < 1.29 is 14.3 Å². The minimum absolute atomic E-state index is 0.0368. The van der Waals surface area contributed by atoms with Crippen molar-refractivity contribution in [2.45, 2.75) is 18.9 Å². The van der Waals surface area contributed by atoms with E-state index in [4.69, 9.17) is 10.7 Å². The van der Waals surface area contributed by atoms with Crippen LogP contribution in [0, 0.1) is 5.82 Å². The maximum absolute atomic E-state index is 13.5. The Morgan fingerprint density at radius 2 is 2.00 bits per heavy atom. The van der Waals surface area contributed by atoms with Gasteiger partial charge in [-0.05, 0) is 54.4 Å². The number of pyridine rings is 2. The van der Waals surface area contributed by atoms with Crippen LogP contribution in [0.5, 0.6) is 0 Å². The SMILES string of the molecule is NC(=O)C(c1ccccn1)c1ccc(-c2ccc(CO)s2)nc1NCCc1cccc(F)c1. The van der Waals surface area contributed by atoms with Crippen molar-refractivity contribution in [3.8, 4) is 10.6 Å². The lowest BCUT2D eigenvalue weighted by Crippen LogP contribution is -2.25. The quantitative estimate of drug-likeness (QED) is 0.348. The summed E-state index contributed by atoms with van der Waals surface area (Å²) >= 11 is 1.45. The first-order chi connectivity index (χ1) is 16.0. The Morgan fingerprint density at radius 3 is 2.70 bits per heavy atom. The molecule has 3 aromatic heterocycles. The van der Waals surface area contributed by atoms with E-state index in [1.165, 1.54) is 23.5 Å². The van der Waals surface area contributed by atoms with Crippen LogP contribution in [0.2, 0.25) is 0 Å². The third-order valence-electron chi connectivity index (χ3n) is 5.17. The fraction of sp³-hybridized carbons (Fsp3) is 0.160. The first-order valence-corrected chi connectivity index (χ1v) is 11.3. The van der Waals surface area contributed by atoms with Gasteiger partial charge >= 0.3 is 0 Å². The van der Waals surface area contributed by atoms with Crippen LogP contribution in [0.25, 0.3) is 10.6 Å². The molecule has 6 nitrogen and oxygen atoms in total. The number of hydrogen-bond donors (Lipinski definition) is 3. The number of aliphatic hydroxyl groups excluding tert-OH is 1. The molecule has 168 valence electrons. The molecule has 0 spiro atoms. The second kappa shape index (κ2) is 10.3. The molecule has 1 unspecified atom stereocenters. The van der Waals surface area contributed by atoms with E-state index in [9.17, 15) is 14.3 Å². The van der Waals surface area contributed by atoms with Gasteiger partial charge in [0.25, 0.3) is 0 Å². The molecule has 0 saturated carbocycles. The van der Waals surface area contributed by atoms with Crippen LogP contribution in [-0.4, -0.2) is 27.5 Å². The van der Waals surface area contributed by atoms with Gasteiger partial charge in [-0.2, -0.15) is 0 Å². The summed E-state index contributed by atoms with van der Waals surface area (Å²) < 4.78 is 13.5. The Hall–Kier alpha value is -3.62. The number of thiophene rings is 1. The largest absolute Gasteiger partial charge is 0.391 e. The molecule has 4 N–H and O–H groups in total. The van der Waals surface area contributed by atoms with E-state index in [1.807, 2.05) is 30.3 Å². The second-order valence-electron chi connectivity index (χ2n) is 7.46. The van der Waals surface area contributed by atoms with Crippen LogP contribution in [0.4, 0.5) is 10.2 Å². The zero-order chi connectivity index (χ0) is 23.2. The molecule has 0 bridgehead atoms. The van der Waals surface area contributed by atoms with Crippen molar-refractivity contribution >= 4 is 23.1 Å². The second-order valence-corrected chi connectivity index (χ2v) is 8.62. The van der Waals surface area contributed by atoms with Crippen molar-refractivity contribution in [2.24, 2.45) is 5.73 Å². The summed E-state index contributed by atoms with van der Waals surface area (Å²) in [6.07, 6.45) is 2.19. The summed E-state index contributed by atoms with van der Waals surface area (Å²) in [5, 5.41) is 12.7. The van der Waals surface area contributed by atoms with E-state index in [1.54, 1.807) is 30.5 Å². The molecule has 0 aliphatic heterocycles. The van der Waals surface area contributed by atoms with Crippen LogP contribution >= 0.6 is 11.3 Å². The van der Waals surface area contributed by atoms with E-state index in [0.717, 1.165) is 15.3 Å². The van der Waals surface area contributed by atoms with E-state index >= 15 is 0 Å². The molecule has 0 aliphatic carbocycles. The third-order valence-corrected chi connectivity index (χ3v) is 6.26. The van der Waals surface area contributed by atoms with Gasteiger partial charge in [0.1, 0.15) is 17.6 Å². The number of aliphatic hydroxyl groups is 1. The van der Waals surface area contributed by atoms with Gasteiger partial charge in [0.2, 0.25) is 5.91 Å². The minimum Gasteiger partial charge on any atom is -0.391 e. The average Bonchev–Trinajstić information content (AvgIpc) is 3.30. The summed E-state index contributed by atoms with van der Waals surface area (Å²) in [5.41, 5.74) is 8.48. The molecule has 0 saturated heterocycles. The zero-order valence-electron chi connectivity index (χ0n) is 17.7. The number of aromatic nitrogens is 2. The molecule has 0 fully saturated rings. The highest BCUT2D eigenvalue weighted by molar-refractivity contribution is 7.15. The van der Waals surface area contributed by atoms with Gasteiger partial charge in [-0.1, -0.05) is 24.3 Å². The predicted molar refractivity (Wildman–Crippen MR) is 127 cm³/mol. The smallest absolute Gasteiger partial charge is 0.231 e. The van der Waals surface area contributed by atoms with Gasteiger partial charge in [0.05, 0.1) is 22.9 Å². The Kier molecular flexibility index (Phi) is 7.07. The third kappa shape index (κ3) is 5.42. The average molecular weight is 463 g/mol. The van der Waals surface area contributed by atoms with E-state index in [0.29, 0.717) is 35.7 Å². The lowest BCUT2D eigenvalue weighted by Gasteiger charge is -2.18. The van der Waals surface area contributed by atoms with E-state index < -0.39 is 11.8 Å². The number of primary amides is 1. The maximum Gasteiger partial charge on any atom is 0.231 e. The molecule has 1 amide bonds. The number of hydrogen-bond acceptors (Lipinski definition) is 6. The van der Waals surface area contributed by atoms with Gasteiger partial charge in [0.15, 0.2) is 0 Å². The Labute approximate surface area is 195 Å². The first kappa shape index (κ1) is 22.6. The number of benzene rings is 1. The Balaban J connectivity index is 1.68. The number of nitrogens with zero attached hydrogens (tertiary/aromatic N) is 2. The fourth-order valence-electron chi connectivity index (χ4n) is 3.61. The first-order valence-electron chi connectivity index (χ1n) is 10.4. The minimum atomic E-state index is -0.777. The summed E-state index contributed by atoms with van der Waals surface area (Å²) in [6, 6.07) is 19.2. The van der Waals surface area contributed by atoms with Crippen molar-refractivity contribution in [2.75, 3.05) is 11.9 Å². The Morgan fingerprint density at radius 1 is 1.12 bits per heavy atom. The normalized spacial score (nSPS) is 11.8. The standard InChI is InChI=1S/C25H23FN4O2S/c26-17-5-3-4-16(14-17)11-13-29-25-19(23(24(27)32)21-6-1-2-12-28-21)8-9-20(30-25)22-10-7-18(15-31)33-22/h1-10,12,14,23,31H,11,13,15H2,(H2,27,32)(H,29,30). The highest BCUT2D eigenvalue weighted by atomic mass is 32.1. The van der Waals surface area contributed by atoms with Crippen LogP contribution in [0.15, 0.2) is 72.9 Å². The summed E-state index contributed by atoms with van der Waals surface area (Å²) in [4.78, 5) is 23.3. The molecule has 1 atom stereocenters. The van der Waals surface area contributed by atoms with Gasteiger partial charge < -0.3 is 16.2 Å². The van der Waals surface area contributed by atoms with Gasteiger partial charge in [-0.15, -0.1) is 11.3 Å². The molecule has 4 rings (SSSR count). The lowest BCUT2D eigenvalue weighted by molar-refractivity contribution is -0.118. The van der Waals surface area contributed by atoms with Crippen molar-refractivity contribution in [1.82, 2.24) is 9.97 Å². The van der Waals surface area contributed by atoms with Crippen molar-refractivity contribution in [3.63, 3.8) is 0 Å². The number of halogens is 1. The molecule has 0 aliphatic rings. The number of amides is 1. The number of carbonyl (C=O) groups excluding carboxylic acids is 1. The van der Waals surface area contributed by atoms with Crippen LogP contribution < -0.4 is 11.1 Å². The fourth-order valence-corrected chi connectivity index (χ4v) is 4.44. The topological polar surface area (TPSA) is 101 Å². The Bertz CT molecular complexity index is 1250. The zero-order valence-corrected chi connectivity index (χ0v) is 18.6. The summed E-state index contributed by atoms with van der Waals surface area (Å²) in [6.45, 7) is 0.442. The molecule has 33 heavy (non-hydrogen) atoms. The van der Waals surface area contributed by atoms with Gasteiger partial charge in [0, 0.05) is 23.2 Å². The number of nitrogens with one attached hydrogen (secondary N) is 1. The maximum atomic E-state index is 13.5. The van der Waals surface area contributed by atoms with E-state index in [-0.39, 0.29) is 12.4 Å². The summed E-state index contributed by atoms with van der Waals surface area (Å²) in [5.74, 6) is -1.08. The number of nitrogens with two attached hydrogens (primary N) is 1. The molecular weight excluding hydrogens is 439 g/mol. The molecule has 8 heteroatoms. The van der Waals surface area contributed by atoms with Gasteiger partial charge in [-0.25, -0.2) is 9.37 Å². The molecule has 4 aromatic rings. The van der Waals surface area contributed by atoms with Crippen molar-refractivity contribution in [1.29, 1.82) is 0 Å². The van der Waals surface area contributed by atoms with Gasteiger partial charge in [-0.3, -0.25) is 9.78 Å². The van der Waals surface area contributed by atoms with E-state index in [2.05, 4.69) is 10.3 Å². The monoisotopic (exact) mass is 462 g/mol. The summed E-state index contributed by atoms with van der Waals surface area (Å²) in [7, 11) is 0. The lowest BCUT2D eigenvalue weighted by atomic mass is 9.94.